The first-order valence-electron chi connectivity index (χ1n) is 6.00. The molecule has 2 heterocycles. The van der Waals surface area contributed by atoms with Crippen molar-refractivity contribution in [1.82, 2.24) is 4.57 Å². The molecule has 0 unspecified atom stereocenters. The van der Waals surface area contributed by atoms with E-state index in [1.54, 1.807) is 11.3 Å². The topological polar surface area (TPSA) is 22.0 Å². The van der Waals surface area contributed by atoms with Crippen LogP contribution in [0.15, 0.2) is 28.5 Å². The van der Waals surface area contributed by atoms with Gasteiger partial charge in [0.1, 0.15) is 0 Å². The highest BCUT2D eigenvalue weighted by Crippen LogP contribution is 2.16. The summed E-state index contributed by atoms with van der Waals surface area (Å²) in [6.07, 6.45) is 6.54. The lowest BCUT2D eigenvalue weighted by atomic mass is 10.2. The van der Waals surface area contributed by atoms with Gasteiger partial charge in [-0.25, -0.2) is 0 Å². The summed E-state index contributed by atoms with van der Waals surface area (Å²) in [4.78, 5) is 12.1. The lowest BCUT2D eigenvalue weighted by Gasteiger charge is -2.05. The summed E-state index contributed by atoms with van der Waals surface area (Å²) in [5.74, 6) is 0.959. The minimum absolute atomic E-state index is 0.151. The number of aromatic nitrogens is 1. The van der Waals surface area contributed by atoms with Crippen LogP contribution in [-0.2, 0) is 6.54 Å². The fraction of sp³-hybridized carbons (Fsp3) is 0.462. The summed E-state index contributed by atoms with van der Waals surface area (Å²) < 4.78 is 2.91. The molecule has 2 aromatic rings. The SMILES string of the molecule is O=c1c2ccsc2ccn1CCCCCCS. The Labute approximate surface area is 111 Å². The summed E-state index contributed by atoms with van der Waals surface area (Å²) >= 11 is 5.81. The van der Waals surface area contributed by atoms with Gasteiger partial charge in [-0.3, -0.25) is 4.79 Å². The Balaban J connectivity index is 1.99. The van der Waals surface area contributed by atoms with Crippen LogP contribution in [0.2, 0.25) is 0 Å². The summed E-state index contributed by atoms with van der Waals surface area (Å²) in [5.41, 5.74) is 0.151. The summed E-state index contributed by atoms with van der Waals surface area (Å²) in [6.45, 7) is 0.831. The highest BCUT2D eigenvalue weighted by Gasteiger charge is 2.02. The minimum Gasteiger partial charge on any atom is -0.315 e. The van der Waals surface area contributed by atoms with Crippen molar-refractivity contribution in [1.29, 1.82) is 0 Å². The molecule has 0 atom stereocenters. The van der Waals surface area contributed by atoms with E-state index in [1.807, 2.05) is 28.3 Å². The molecule has 0 saturated heterocycles. The summed E-state index contributed by atoms with van der Waals surface area (Å²) in [6, 6.07) is 3.95. The van der Waals surface area contributed by atoms with Crippen molar-refractivity contribution in [2.24, 2.45) is 0 Å². The average Bonchev–Trinajstić information content (AvgIpc) is 2.80. The van der Waals surface area contributed by atoms with E-state index in [4.69, 9.17) is 0 Å². The number of aryl methyl sites for hydroxylation is 1. The van der Waals surface area contributed by atoms with Crippen molar-refractivity contribution < 1.29 is 0 Å². The van der Waals surface area contributed by atoms with Gasteiger partial charge in [-0.2, -0.15) is 12.6 Å². The van der Waals surface area contributed by atoms with Crippen molar-refractivity contribution in [3.8, 4) is 0 Å². The second-order valence-electron chi connectivity index (χ2n) is 4.15. The number of thiophene rings is 1. The molecule has 0 aliphatic heterocycles. The molecular weight excluding hydrogens is 250 g/mol. The lowest BCUT2D eigenvalue weighted by molar-refractivity contribution is 0.574. The van der Waals surface area contributed by atoms with Crippen molar-refractivity contribution in [3.63, 3.8) is 0 Å². The van der Waals surface area contributed by atoms with Gasteiger partial charge in [-0.05, 0) is 36.1 Å². The van der Waals surface area contributed by atoms with Crippen molar-refractivity contribution in [2.45, 2.75) is 32.2 Å². The predicted octanol–water partition coefficient (Wildman–Crippen LogP) is 3.55. The van der Waals surface area contributed by atoms with E-state index in [0.717, 1.165) is 28.8 Å². The van der Waals surface area contributed by atoms with Crippen LogP contribution in [0.1, 0.15) is 25.7 Å². The number of hydrogen-bond acceptors (Lipinski definition) is 3. The Morgan fingerprint density at radius 1 is 1.18 bits per heavy atom. The number of fused-ring (bicyclic) bond motifs is 1. The first-order chi connectivity index (χ1) is 8.33. The van der Waals surface area contributed by atoms with Gasteiger partial charge in [0.2, 0.25) is 0 Å². The maximum atomic E-state index is 12.1. The van der Waals surface area contributed by atoms with Gasteiger partial charge in [0.15, 0.2) is 0 Å². The van der Waals surface area contributed by atoms with E-state index in [1.165, 1.54) is 19.3 Å². The lowest BCUT2D eigenvalue weighted by Crippen LogP contribution is -2.18. The van der Waals surface area contributed by atoms with Gasteiger partial charge in [0.25, 0.3) is 5.56 Å². The molecule has 0 radical (unpaired) electrons. The van der Waals surface area contributed by atoms with Gasteiger partial charge in [0.05, 0.1) is 5.39 Å². The highest BCUT2D eigenvalue weighted by atomic mass is 32.1. The molecule has 17 heavy (non-hydrogen) atoms. The minimum atomic E-state index is 0.151. The van der Waals surface area contributed by atoms with Crippen LogP contribution >= 0.6 is 24.0 Å². The standard InChI is InChI=1S/C13H17NOS2/c15-13-11-6-10-17-12(11)5-8-14(13)7-3-1-2-4-9-16/h5-6,8,10,16H,1-4,7,9H2. The van der Waals surface area contributed by atoms with Crippen LogP contribution in [0.4, 0.5) is 0 Å². The number of nitrogens with zero attached hydrogens (tertiary/aromatic N) is 1. The van der Waals surface area contributed by atoms with Crippen molar-refractivity contribution >= 4 is 34.1 Å². The van der Waals surface area contributed by atoms with E-state index in [2.05, 4.69) is 12.6 Å². The zero-order chi connectivity index (χ0) is 12.1. The third-order valence-electron chi connectivity index (χ3n) is 2.90. The molecule has 0 bridgehead atoms. The van der Waals surface area contributed by atoms with Crippen LogP contribution in [0.5, 0.6) is 0 Å². The molecule has 2 nitrogen and oxygen atoms in total. The van der Waals surface area contributed by atoms with E-state index in [0.29, 0.717) is 0 Å². The van der Waals surface area contributed by atoms with Crippen molar-refractivity contribution in [2.75, 3.05) is 5.75 Å². The third kappa shape index (κ3) is 3.13. The molecule has 0 N–H and O–H groups in total. The molecule has 0 aliphatic carbocycles. The Morgan fingerprint density at radius 2 is 2.00 bits per heavy atom. The fourth-order valence-corrected chi connectivity index (χ4v) is 2.93. The first-order valence-corrected chi connectivity index (χ1v) is 7.51. The molecule has 0 amide bonds. The van der Waals surface area contributed by atoms with Gasteiger partial charge in [0, 0.05) is 17.4 Å². The number of unbranched alkanes of at least 4 members (excludes halogenated alkanes) is 3. The molecular formula is C13H17NOS2. The highest BCUT2D eigenvalue weighted by molar-refractivity contribution is 7.80. The number of thiol groups is 1. The second-order valence-corrected chi connectivity index (χ2v) is 5.55. The average molecular weight is 267 g/mol. The van der Waals surface area contributed by atoms with Gasteiger partial charge in [-0.15, -0.1) is 11.3 Å². The normalized spacial score (nSPS) is 11.1. The van der Waals surface area contributed by atoms with E-state index < -0.39 is 0 Å². The quantitative estimate of drug-likeness (QED) is 0.627. The van der Waals surface area contributed by atoms with Gasteiger partial charge >= 0.3 is 0 Å². The Kier molecular flexibility index (Phi) is 4.68. The van der Waals surface area contributed by atoms with Gasteiger partial charge in [-0.1, -0.05) is 12.8 Å². The summed E-state index contributed by atoms with van der Waals surface area (Å²) in [5, 5.41) is 2.83. The molecule has 2 aromatic heterocycles. The second kappa shape index (κ2) is 6.26. The zero-order valence-corrected chi connectivity index (χ0v) is 11.5. The largest absolute Gasteiger partial charge is 0.315 e. The van der Waals surface area contributed by atoms with Crippen LogP contribution in [0, 0.1) is 0 Å². The molecule has 0 spiro atoms. The first kappa shape index (κ1) is 12.7. The molecule has 0 fully saturated rings. The molecule has 4 heteroatoms. The number of hydrogen-bond donors (Lipinski definition) is 1. The molecule has 0 aliphatic rings. The van der Waals surface area contributed by atoms with E-state index in [-0.39, 0.29) is 5.56 Å². The summed E-state index contributed by atoms with van der Waals surface area (Å²) in [7, 11) is 0. The fourth-order valence-electron chi connectivity index (χ4n) is 1.93. The van der Waals surface area contributed by atoms with Crippen LogP contribution < -0.4 is 5.56 Å². The molecule has 2 rings (SSSR count). The Hall–Kier alpha value is -0.740. The van der Waals surface area contributed by atoms with Crippen LogP contribution in [-0.4, -0.2) is 10.3 Å². The van der Waals surface area contributed by atoms with E-state index >= 15 is 0 Å². The maximum Gasteiger partial charge on any atom is 0.259 e. The molecule has 0 saturated carbocycles. The van der Waals surface area contributed by atoms with Gasteiger partial charge < -0.3 is 4.57 Å². The van der Waals surface area contributed by atoms with Crippen molar-refractivity contribution in [3.05, 3.63) is 34.1 Å². The zero-order valence-electron chi connectivity index (χ0n) is 9.76. The molecule has 0 aromatic carbocycles. The predicted molar refractivity (Wildman–Crippen MR) is 78.4 cm³/mol. The van der Waals surface area contributed by atoms with E-state index in [9.17, 15) is 4.79 Å². The smallest absolute Gasteiger partial charge is 0.259 e. The maximum absolute atomic E-state index is 12.1. The Bertz CT molecular complexity index is 529. The number of pyridine rings is 1. The number of rotatable bonds is 6. The third-order valence-corrected chi connectivity index (χ3v) is 4.10. The molecule has 92 valence electrons. The van der Waals surface area contributed by atoms with Crippen LogP contribution in [0.25, 0.3) is 10.1 Å². The van der Waals surface area contributed by atoms with Crippen LogP contribution in [0.3, 0.4) is 0 Å². The Morgan fingerprint density at radius 3 is 2.82 bits per heavy atom. The monoisotopic (exact) mass is 267 g/mol.